The molecule has 1 aromatic carbocycles. The van der Waals surface area contributed by atoms with Crippen LogP contribution in [-0.2, 0) is 0 Å². The molecule has 1 rings (SSSR count). The molecule has 1 nitrogen and oxygen atoms in total. The van der Waals surface area contributed by atoms with Crippen molar-refractivity contribution in [1.82, 2.24) is 0 Å². The monoisotopic (exact) mass is 290 g/mol. The van der Waals surface area contributed by atoms with Gasteiger partial charge in [-0.2, -0.15) is 0 Å². The van der Waals surface area contributed by atoms with E-state index in [1.165, 1.54) is 0 Å². The number of hydrogen-bond acceptors (Lipinski definition) is 2. The molecule has 0 aliphatic carbocycles. The summed E-state index contributed by atoms with van der Waals surface area (Å²) in [5.41, 5.74) is 0.627. The number of hydrogen-bond donors (Lipinski definition) is 0. The zero-order valence-corrected chi connectivity index (χ0v) is 11.3. The van der Waals surface area contributed by atoms with Gasteiger partial charge in [0.05, 0.1) is 0 Å². The Morgan fingerprint density at radius 3 is 2.37 bits per heavy atom. The molecule has 0 aliphatic heterocycles. The van der Waals surface area contributed by atoms with Crippen molar-refractivity contribution in [3.8, 4) is 0 Å². The summed E-state index contributed by atoms with van der Waals surface area (Å²) < 4.78 is 36.9. The standard InChI is InChI=1S/C14H17F3OS/c15-12(8-9-13(16)17)7-4-10-19-14(18)11-5-2-1-3-6-11/h1-3,5-6,12-13H,4,7-10H2. The molecule has 0 aromatic heterocycles. The number of rotatable bonds is 8. The topological polar surface area (TPSA) is 17.1 Å². The van der Waals surface area contributed by atoms with Gasteiger partial charge in [0, 0.05) is 17.7 Å². The summed E-state index contributed by atoms with van der Waals surface area (Å²) in [7, 11) is 0. The molecule has 0 N–H and O–H groups in total. The van der Waals surface area contributed by atoms with Crippen molar-refractivity contribution in [2.24, 2.45) is 0 Å². The quantitative estimate of drug-likeness (QED) is 0.644. The van der Waals surface area contributed by atoms with Gasteiger partial charge in [0.2, 0.25) is 11.5 Å². The molecule has 0 aliphatic rings. The van der Waals surface area contributed by atoms with Crippen LogP contribution < -0.4 is 0 Å². The van der Waals surface area contributed by atoms with Crippen LogP contribution in [0, 0.1) is 0 Å². The van der Waals surface area contributed by atoms with Gasteiger partial charge in [0.1, 0.15) is 6.17 Å². The number of alkyl halides is 3. The van der Waals surface area contributed by atoms with E-state index in [4.69, 9.17) is 0 Å². The third-order valence-electron chi connectivity index (χ3n) is 2.60. The lowest BCUT2D eigenvalue weighted by Crippen LogP contribution is -2.04. The molecule has 106 valence electrons. The Bertz CT molecular complexity index is 370. The maximum Gasteiger partial charge on any atom is 0.238 e. The van der Waals surface area contributed by atoms with Crippen molar-refractivity contribution in [2.45, 2.75) is 38.3 Å². The van der Waals surface area contributed by atoms with Crippen molar-refractivity contribution >= 4 is 16.9 Å². The number of carbonyl (C=O) groups is 1. The van der Waals surface area contributed by atoms with Crippen LogP contribution in [0.4, 0.5) is 13.2 Å². The van der Waals surface area contributed by atoms with E-state index in [1.54, 1.807) is 24.3 Å². The molecule has 1 unspecified atom stereocenters. The first-order valence-electron chi connectivity index (χ1n) is 6.24. The van der Waals surface area contributed by atoms with E-state index >= 15 is 0 Å². The van der Waals surface area contributed by atoms with Gasteiger partial charge in [-0.25, -0.2) is 13.2 Å². The Balaban J connectivity index is 2.12. The van der Waals surface area contributed by atoms with Crippen molar-refractivity contribution in [2.75, 3.05) is 5.75 Å². The minimum absolute atomic E-state index is 0.0383. The average Bonchev–Trinajstić information content (AvgIpc) is 2.42. The third kappa shape index (κ3) is 7.25. The molecular weight excluding hydrogens is 273 g/mol. The third-order valence-corrected chi connectivity index (χ3v) is 3.59. The van der Waals surface area contributed by atoms with Gasteiger partial charge in [0.15, 0.2) is 0 Å². The number of thioether (sulfide) groups is 1. The van der Waals surface area contributed by atoms with Crippen LogP contribution in [0.25, 0.3) is 0 Å². The summed E-state index contributed by atoms with van der Waals surface area (Å²) in [6.07, 6.45) is -3.37. The van der Waals surface area contributed by atoms with E-state index in [0.29, 0.717) is 17.7 Å². The first kappa shape index (κ1) is 16.1. The van der Waals surface area contributed by atoms with Crippen LogP contribution in [0.15, 0.2) is 30.3 Å². The lowest BCUT2D eigenvalue weighted by Gasteiger charge is -2.07. The summed E-state index contributed by atoms with van der Waals surface area (Å²) in [6.45, 7) is 0. The highest BCUT2D eigenvalue weighted by molar-refractivity contribution is 8.14. The fraction of sp³-hybridized carbons (Fsp3) is 0.500. The molecule has 0 saturated carbocycles. The predicted octanol–water partition coefficient (Wildman–Crippen LogP) is 4.72. The molecule has 1 atom stereocenters. The Kier molecular flexibility index (Phi) is 7.63. The Labute approximate surface area is 115 Å². The molecular formula is C14H17F3OS. The smallest absolute Gasteiger partial charge is 0.238 e. The van der Waals surface area contributed by atoms with E-state index in [0.717, 1.165) is 11.8 Å². The van der Waals surface area contributed by atoms with Gasteiger partial charge in [-0.05, 0) is 19.3 Å². The molecule has 1 aromatic rings. The SMILES string of the molecule is O=C(SCCCC(F)CCC(F)F)c1ccccc1. The normalized spacial score (nSPS) is 12.6. The van der Waals surface area contributed by atoms with Crippen LogP contribution >= 0.6 is 11.8 Å². The molecule has 0 heterocycles. The number of halogens is 3. The van der Waals surface area contributed by atoms with Gasteiger partial charge in [0.25, 0.3) is 0 Å². The maximum absolute atomic E-state index is 13.2. The van der Waals surface area contributed by atoms with Crippen LogP contribution in [0.2, 0.25) is 0 Å². The fourth-order valence-corrected chi connectivity index (χ4v) is 2.38. The molecule has 19 heavy (non-hydrogen) atoms. The first-order chi connectivity index (χ1) is 9.09. The highest BCUT2D eigenvalue weighted by Gasteiger charge is 2.11. The number of carbonyl (C=O) groups excluding carboxylic acids is 1. The summed E-state index contributed by atoms with van der Waals surface area (Å²) in [6, 6.07) is 8.87. The van der Waals surface area contributed by atoms with Crippen LogP contribution in [0.5, 0.6) is 0 Å². The minimum Gasteiger partial charge on any atom is -0.282 e. The largest absolute Gasteiger partial charge is 0.282 e. The fourth-order valence-electron chi connectivity index (χ4n) is 1.58. The minimum atomic E-state index is -2.44. The van der Waals surface area contributed by atoms with Gasteiger partial charge in [-0.3, -0.25) is 4.79 Å². The summed E-state index contributed by atoms with van der Waals surface area (Å²) in [4.78, 5) is 11.7. The van der Waals surface area contributed by atoms with Crippen LogP contribution in [0.1, 0.15) is 36.0 Å². The van der Waals surface area contributed by atoms with Crippen LogP contribution in [-0.4, -0.2) is 23.5 Å². The highest BCUT2D eigenvalue weighted by Crippen LogP contribution is 2.17. The second kappa shape index (κ2) is 9.02. The second-order valence-corrected chi connectivity index (χ2v) is 5.28. The lowest BCUT2D eigenvalue weighted by molar-refractivity contribution is 0.108. The van der Waals surface area contributed by atoms with E-state index in [1.807, 2.05) is 6.07 Å². The van der Waals surface area contributed by atoms with Gasteiger partial charge in [-0.1, -0.05) is 42.1 Å². The summed E-state index contributed by atoms with van der Waals surface area (Å²) >= 11 is 1.14. The lowest BCUT2D eigenvalue weighted by atomic mass is 10.1. The number of benzene rings is 1. The average molecular weight is 290 g/mol. The molecule has 0 fully saturated rings. The zero-order chi connectivity index (χ0) is 14.1. The summed E-state index contributed by atoms with van der Waals surface area (Å²) in [5, 5.41) is -0.0383. The maximum atomic E-state index is 13.2. The van der Waals surface area contributed by atoms with Gasteiger partial charge < -0.3 is 0 Å². The predicted molar refractivity (Wildman–Crippen MR) is 72.6 cm³/mol. The molecule has 0 amide bonds. The first-order valence-corrected chi connectivity index (χ1v) is 7.22. The van der Waals surface area contributed by atoms with E-state index in [2.05, 4.69) is 0 Å². The molecule has 0 radical (unpaired) electrons. The van der Waals surface area contributed by atoms with E-state index in [9.17, 15) is 18.0 Å². The highest BCUT2D eigenvalue weighted by atomic mass is 32.2. The van der Waals surface area contributed by atoms with Crippen molar-refractivity contribution < 1.29 is 18.0 Å². The van der Waals surface area contributed by atoms with Gasteiger partial charge >= 0.3 is 0 Å². The summed E-state index contributed by atoms with van der Waals surface area (Å²) in [5.74, 6) is 0.517. The van der Waals surface area contributed by atoms with Crippen molar-refractivity contribution in [3.63, 3.8) is 0 Å². The molecule has 0 spiro atoms. The molecule has 0 bridgehead atoms. The Morgan fingerprint density at radius 2 is 1.74 bits per heavy atom. The Hall–Kier alpha value is -0.970. The zero-order valence-electron chi connectivity index (χ0n) is 10.5. The Morgan fingerprint density at radius 1 is 1.05 bits per heavy atom. The second-order valence-electron chi connectivity index (χ2n) is 4.21. The van der Waals surface area contributed by atoms with Crippen LogP contribution in [0.3, 0.4) is 0 Å². The van der Waals surface area contributed by atoms with Gasteiger partial charge in [-0.15, -0.1) is 0 Å². The molecule has 0 saturated heterocycles. The van der Waals surface area contributed by atoms with Crippen molar-refractivity contribution in [3.05, 3.63) is 35.9 Å². The molecule has 5 heteroatoms. The van der Waals surface area contributed by atoms with E-state index in [-0.39, 0.29) is 18.0 Å². The van der Waals surface area contributed by atoms with E-state index < -0.39 is 19.0 Å². The van der Waals surface area contributed by atoms with Crippen molar-refractivity contribution in [1.29, 1.82) is 0 Å².